The van der Waals surface area contributed by atoms with Crippen LogP contribution in [-0.4, -0.2) is 34.6 Å². The van der Waals surface area contributed by atoms with Crippen LogP contribution in [0.3, 0.4) is 0 Å². The number of thioether (sulfide) groups is 1. The van der Waals surface area contributed by atoms with Gasteiger partial charge in [0.1, 0.15) is 0 Å². The van der Waals surface area contributed by atoms with E-state index in [1.54, 1.807) is 0 Å². The van der Waals surface area contributed by atoms with Crippen LogP contribution in [0, 0.1) is 0 Å². The maximum atomic E-state index is 8.45. The zero-order valence-corrected chi connectivity index (χ0v) is 8.68. The Balaban J connectivity index is 2.30. The lowest BCUT2D eigenvalue weighted by molar-refractivity contribution is 0.313. The second-order valence-corrected chi connectivity index (χ2v) is 4.52. The van der Waals surface area contributed by atoms with E-state index in [1.165, 1.54) is 24.3 Å². The molecule has 0 saturated carbocycles. The molecule has 0 spiro atoms. The van der Waals surface area contributed by atoms with E-state index in [0.29, 0.717) is 6.04 Å². The van der Waals surface area contributed by atoms with Gasteiger partial charge in [-0.05, 0) is 31.3 Å². The minimum absolute atomic E-state index is 0.0295. The largest absolute Gasteiger partial charge is 0.409 e. The summed E-state index contributed by atoms with van der Waals surface area (Å²) in [5.74, 6) is 2.68. The van der Waals surface area contributed by atoms with Crippen LogP contribution in [-0.2, 0) is 0 Å². The van der Waals surface area contributed by atoms with Crippen molar-refractivity contribution in [3.8, 4) is 0 Å². The second-order valence-electron chi connectivity index (χ2n) is 3.30. The maximum Gasteiger partial charge on any atom is 0.156 e. The Hall–Kier alpha value is -0.420. The van der Waals surface area contributed by atoms with E-state index in [2.05, 4.69) is 10.5 Å². The summed E-state index contributed by atoms with van der Waals surface area (Å²) in [7, 11) is 0. The van der Waals surface area contributed by atoms with Gasteiger partial charge < -0.3 is 16.3 Å². The molecular formula is C8H17N3OS. The van der Waals surface area contributed by atoms with Gasteiger partial charge in [-0.15, -0.1) is 0 Å². The number of oxime groups is 1. The van der Waals surface area contributed by atoms with Crippen molar-refractivity contribution in [1.29, 1.82) is 0 Å². The molecule has 0 bridgehead atoms. The summed E-state index contributed by atoms with van der Waals surface area (Å²) in [6, 6.07) is 0.495. The molecule has 4 nitrogen and oxygen atoms in total. The van der Waals surface area contributed by atoms with Gasteiger partial charge in [0.05, 0.1) is 6.04 Å². The van der Waals surface area contributed by atoms with E-state index in [1.807, 2.05) is 18.7 Å². The Morgan fingerprint density at radius 3 is 2.77 bits per heavy atom. The van der Waals surface area contributed by atoms with Crippen molar-refractivity contribution in [3.63, 3.8) is 0 Å². The molecule has 76 valence electrons. The fourth-order valence-electron chi connectivity index (χ4n) is 1.39. The molecule has 1 unspecified atom stereocenters. The van der Waals surface area contributed by atoms with Gasteiger partial charge >= 0.3 is 0 Å². The summed E-state index contributed by atoms with van der Waals surface area (Å²) < 4.78 is 0. The molecule has 5 heteroatoms. The van der Waals surface area contributed by atoms with E-state index in [9.17, 15) is 0 Å². The average molecular weight is 203 g/mol. The first-order valence-electron chi connectivity index (χ1n) is 4.55. The van der Waals surface area contributed by atoms with E-state index in [4.69, 9.17) is 10.9 Å². The maximum absolute atomic E-state index is 8.45. The zero-order chi connectivity index (χ0) is 9.68. The predicted molar refractivity (Wildman–Crippen MR) is 56.4 cm³/mol. The Bertz CT molecular complexity index is 180. The van der Waals surface area contributed by atoms with Crippen molar-refractivity contribution in [2.45, 2.75) is 31.8 Å². The third-order valence-corrected chi connectivity index (χ3v) is 3.31. The number of amidine groups is 1. The fourth-order valence-corrected chi connectivity index (χ4v) is 2.50. The van der Waals surface area contributed by atoms with Crippen LogP contribution in [0.4, 0.5) is 0 Å². The van der Waals surface area contributed by atoms with Gasteiger partial charge in [-0.2, -0.15) is 11.8 Å². The third-order valence-electron chi connectivity index (χ3n) is 2.27. The number of rotatable bonds is 3. The summed E-state index contributed by atoms with van der Waals surface area (Å²) >= 11 is 1.99. The highest BCUT2D eigenvalue weighted by Gasteiger charge is 2.17. The highest BCUT2D eigenvalue weighted by Crippen LogP contribution is 2.17. The van der Waals surface area contributed by atoms with Gasteiger partial charge in [0, 0.05) is 6.04 Å². The van der Waals surface area contributed by atoms with Gasteiger partial charge in [0.25, 0.3) is 0 Å². The topological polar surface area (TPSA) is 70.6 Å². The molecule has 0 radical (unpaired) electrons. The van der Waals surface area contributed by atoms with Crippen LogP contribution in [0.2, 0.25) is 0 Å². The SMILES string of the molecule is CC(NC1CCSCC1)C(N)=NO. The summed E-state index contributed by atoms with van der Waals surface area (Å²) in [6.45, 7) is 1.91. The number of nitrogens with two attached hydrogens (primary N) is 1. The molecule has 1 heterocycles. The van der Waals surface area contributed by atoms with Crippen LogP contribution in [0.5, 0.6) is 0 Å². The molecule has 1 fully saturated rings. The van der Waals surface area contributed by atoms with Gasteiger partial charge in [0.2, 0.25) is 0 Å². The summed E-state index contributed by atoms with van der Waals surface area (Å²) in [6.07, 6.45) is 2.35. The van der Waals surface area contributed by atoms with Gasteiger partial charge in [0.15, 0.2) is 5.84 Å². The van der Waals surface area contributed by atoms with Crippen LogP contribution < -0.4 is 11.1 Å². The molecule has 1 aliphatic rings. The Morgan fingerprint density at radius 2 is 2.23 bits per heavy atom. The lowest BCUT2D eigenvalue weighted by atomic mass is 10.1. The molecular weight excluding hydrogens is 186 g/mol. The van der Waals surface area contributed by atoms with Crippen molar-refractivity contribution in [3.05, 3.63) is 0 Å². The normalized spacial score (nSPS) is 23.0. The summed E-state index contributed by atoms with van der Waals surface area (Å²) in [5, 5.41) is 14.8. The van der Waals surface area contributed by atoms with Crippen molar-refractivity contribution < 1.29 is 5.21 Å². The zero-order valence-electron chi connectivity index (χ0n) is 7.86. The standard InChI is InChI=1S/C8H17N3OS/c1-6(8(9)11-12)10-7-2-4-13-5-3-7/h6-7,10,12H,2-5H2,1H3,(H2,9,11). The second kappa shape index (κ2) is 5.34. The molecule has 4 N–H and O–H groups in total. The highest BCUT2D eigenvalue weighted by atomic mass is 32.2. The molecule has 1 aliphatic heterocycles. The van der Waals surface area contributed by atoms with Gasteiger partial charge in [-0.3, -0.25) is 0 Å². The number of nitrogens with one attached hydrogen (secondary N) is 1. The molecule has 0 aliphatic carbocycles. The minimum Gasteiger partial charge on any atom is -0.409 e. The van der Waals surface area contributed by atoms with Crippen LogP contribution >= 0.6 is 11.8 Å². The van der Waals surface area contributed by atoms with Crippen molar-refractivity contribution in [1.82, 2.24) is 5.32 Å². The molecule has 0 amide bonds. The van der Waals surface area contributed by atoms with E-state index in [0.717, 1.165) is 0 Å². The van der Waals surface area contributed by atoms with Crippen LogP contribution in [0.25, 0.3) is 0 Å². The molecule has 1 rings (SSSR count). The Morgan fingerprint density at radius 1 is 1.62 bits per heavy atom. The highest BCUT2D eigenvalue weighted by molar-refractivity contribution is 7.99. The van der Waals surface area contributed by atoms with E-state index < -0.39 is 0 Å². The number of hydrogen-bond donors (Lipinski definition) is 3. The predicted octanol–water partition coefficient (Wildman–Crippen LogP) is 0.607. The van der Waals surface area contributed by atoms with Crippen molar-refractivity contribution in [2.75, 3.05) is 11.5 Å². The molecule has 1 saturated heterocycles. The Labute approximate surface area is 82.9 Å². The Kier molecular flexibility index (Phi) is 4.38. The minimum atomic E-state index is -0.0295. The van der Waals surface area contributed by atoms with Gasteiger partial charge in [-0.25, -0.2) is 0 Å². The molecule has 0 aromatic heterocycles. The molecule has 0 aromatic rings. The molecule has 13 heavy (non-hydrogen) atoms. The number of nitrogens with zero attached hydrogens (tertiary/aromatic N) is 1. The first kappa shape index (κ1) is 10.7. The van der Waals surface area contributed by atoms with E-state index in [-0.39, 0.29) is 11.9 Å². The lowest BCUT2D eigenvalue weighted by Gasteiger charge is -2.25. The van der Waals surface area contributed by atoms with Gasteiger partial charge in [-0.1, -0.05) is 5.16 Å². The third kappa shape index (κ3) is 3.44. The van der Waals surface area contributed by atoms with E-state index >= 15 is 0 Å². The average Bonchev–Trinajstić information content (AvgIpc) is 2.18. The van der Waals surface area contributed by atoms with Crippen molar-refractivity contribution >= 4 is 17.6 Å². The fraction of sp³-hybridized carbons (Fsp3) is 0.875. The van der Waals surface area contributed by atoms with Crippen LogP contribution in [0.1, 0.15) is 19.8 Å². The smallest absolute Gasteiger partial charge is 0.156 e. The summed E-state index contributed by atoms with van der Waals surface area (Å²) in [5.41, 5.74) is 5.47. The summed E-state index contributed by atoms with van der Waals surface area (Å²) in [4.78, 5) is 0. The monoisotopic (exact) mass is 203 g/mol. The quantitative estimate of drug-likeness (QED) is 0.272. The van der Waals surface area contributed by atoms with Crippen LogP contribution in [0.15, 0.2) is 5.16 Å². The number of hydrogen-bond acceptors (Lipinski definition) is 4. The molecule has 0 aromatic carbocycles. The molecule has 1 atom stereocenters. The van der Waals surface area contributed by atoms with Crippen molar-refractivity contribution in [2.24, 2.45) is 10.9 Å². The lowest BCUT2D eigenvalue weighted by Crippen LogP contribution is -2.45. The first-order valence-corrected chi connectivity index (χ1v) is 5.70. The first-order chi connectivity index (χ1) is 6.24.